The molecule has 0 aliphatic rings. The van der Waals surface area contributed by atoms with E-state index in [2.05, 4.69) is 24.9 Å². The summed E-state index contributed by atoms with van der Waals surface area (Å²) < 4.78 is 0. The zero-order valence-corrected chi connectivity index (χ0v) is 11.7. The van der Waals surface area contributed by atoms with Gasteiger partial charge in [-0.2, -0.15) is 0 Å². The van der Waals surface area contributed by atoms with E-state index < -0.39 is 0 Å². The molecule has 2 nitrogen and oxygen atoms in total. The van der Waals surface area contributed by atoms with Gasteiger partial charge in [-0.15, -0.1) is 0 Å². The molecule has 1 aromatic heterocycles. The maximum absolute atomic E-state index is 11.5. The number of para-hydroxylation sites is 1. The summed E-state index contributed by atoms with van der Waals surface area (Å²) in [4.78, 5) is 15.0. The molecule has 3 aromatic rings. The molecule has 3 rings (SSSR count). The Bertz CT molecular complexity index is 754. The molecule has 20 heavy (non-hydrogen) atoms. The molecule has 0 radical (unpaired) electrons. The molecule has 2 heteroatoms. The number of aromatic amines is 1. The number of carbonyl (C=O) groups is 1. The van der Waals surface area contributed by atoms with Crippen molar-refractivity contribution in [1.82, 2.24) is 4.98 Å². The fourth-order valence-electron chi connectivity index (χ4n) is 2.70. The second kappa shape index (κ2) is 4.97. The van der Waals surface area contributed by atoms with E-state index in [1.807, 2.05) is 42.5 Å². The Kier molecular flexibility index (Phi) is 3.15. The minimum atomic E-state index is 0.417. The zero-order chi connectivity index (χ0) is 14.1. The van der Waals surface area contributed by atoms with Gasteiger partial charge >= 0.3 is 0 Å². The summed E-state index contributed by atoms with van der Waals surface area (Å²) in [7, 11) is 0. The fraction of sp³-hybridized carbons (Fsp3) is 0.167. The summed E-state index contributed by atoms with van der Waals surface area (Å²) in [6, 6.07) is 16.1. The van der Waals surface area contributed by atoms with Crippen LogP contribution in [0.25, 0.3) is 22.2 Å². The normalized spacial score (nSPS) is 11.2. The molecular weight excluding hydrogens is 246 g/mol. The second-order valence-corrected chi connectivity index (χ2v) is 5.32. The third kappa shape index (κ3) is 1.94. The lowest BCUT2D eigenvalue weighted by Crippen LogP contribution is -1.88. The Labute approximate surface area is 118 Å². The summed E-state index contributed by atoms with van der Waals surface area (Å²) in [5, 5.41) is 1.00. The van der Waals surface area contributed by atoms with Crippen molar-refractivity contribution in [3.63, 3.8) is 0 Å². The number of benzene rings is 2. The molecule has 0 aliphatic carbocycles. The second-order valence-electron chi connectivity index (χ2n) is 5.32. The van der Waals surface area contributed by atoms with Gasteiger partial charge in [-0.25, -0.2) is 0 Å². The highest BCUT2D eigenvalue weighted by atomic mass is 16.1. The van der Waals surface area contributed by atoms with Crippen LogP contribution >= 0.6 is 0 Å². The van der Waals surface area contributed by atoms with Crippen molar-refractivity contribution >= 4 is 17.2 Å². The van der Waals surface area contributed by atoms with Crippen LogP contribution in [0.4, 0.5) is 0 Å². The molecule has 100 valence electrons. The van der Waals surface area contributed by atoms with Crippen molar-refractivity contribution < 1.29 is 4.79 Å². The van der Waals surface area contributed by atoms with E-state index in [9.17, 15) is 4.79 Å². The zero-order valence-electron chi connectivity index (χ0n) is 11.7. The molecular formula is C18H17NO. The van der Waals surface area contributed by atoms with Gasteiger partial charge in [0, 0.05) is 10.9 Å². The number of carbonyl (C=O) groups excluding carboxylic acids is 1. The van der Waals surface area contributed by atoms with Gasteiger partial charge in [0.15, 0.2) is 6.29 Å². The van der Waals surface area contributed by atoms with Gasteiger partial charge in [0.25, 0.3) is 0 Å². The first-order valence-electron chi connectivity index (χ1n) is 6.87. The number of hydrogen-bond donors (Lipinski definition) is 1. The van der Waals surface area contributed by atoms with Crippen molar-refractivity contribution in [3.05, 3.63) is 59.7 Å². The van der Waals surface area contributed by atoms with Crippen LogP contribution in [-0.2, 0) is 0 Å². The first-order valence-corrected chi connectivity index (χ1v) is 6.87. The monoisotopic (exact) mass is 263 g/mol. The van der Waals surface area contributed by atoms with Gasteiger partial charge in [-0.05, 0) is 17.0 Å². The Morgan fingerprint density at radius 1 is 1.00 bits per heavy atom. The van der Waals surface area contributed by atoms with Gasteiger partial charge in [-0.3, -0.25) is 4.79 Å². The SMILES string of the molecule is CC(C)c1cccc2c(C=O)c(-c3ccccc3)[nH]c12. The Balaban J connectivity index is 2.34. The predicted molar refractivity (Wildman–Crippen MR) is 83.2 cm³/mol. The highest BCUT2D eigenvalue weighted by Gasteiger charge is 2.15. The number of aromatic nitrogens is 1. The predicted octanol–water partition coefficient (Wildman–Crippen LogP) is 4.77. The average Bonchev–Trinajstić information content (AvgIpc) is 2.86. The Hall–Kier alpha value is -2.35. The third-order valence-electron chi connectivity index (χ3n) is 3.71. The van der Waals surface area contributed by atoms with Crippen molar-refractivity contribution in [1.29, 1.82) is 0 Å². The van der Waals surface area contributed by atoms with Crippen molar-refractivity contribution in [3.8, 4) is 11.3 Å². The molecule has 1 N–H and O–H groups in total. The highest BCUT2D eigenvalue weighted by molar-refractivity contribution is 6.05. The van der Waals surface area contributed by atoms with Crippen molar-refractivity contribution in [2.24, 2.45) is 0 Å². The maximum atomic E-state index is 11.5. The van der Waals surface area contributed by atoms with E-state index in [1.54, 1.807) is 0 Å². The molecule has 0 unspecified atom stereocenters. The van der Waals surface area contributed by atoms with Crippen LogP contribution in [0.1, 0.15) is 35.7 Å². The van der Waals surface area contributed by atoms with Crippen LogP contribution in [0, 0.1) is 0 Å². The first-order chi connectivity index (χ1) is 9.72. The maximum Gasteiger partial charge on any atom is 0.152 e. The standard InChI is InChI=1S/C18H17NO/c1-12(2)14-9-6-10-15-16(11-20)17(19-18(14)15)13-7-4-3-5-8-13/h3-12,19H,1-2H3. The lowest BCUT2D eigenvalue weighted by atomic mass is 9.99. The van der Waals surface area contributed by atoms with Crippen LogP contribution in [0.2, 0.25) is 0 Å². The van der Waals surface area contributed by atoms with Gasteiger partial charge in [0.1, 0.15) is 0 Å². The molecule has 0 saturated carbocycles. The summed E-state index contributed by atoms with van der Waals surface area (Å²) in [6.07, 6.45) is 0.950. The molecule has 0 spiro atoms. The molecule has 0 fully saturated rings. The Morgan fingerprint density at radius 2 is 1.75 bits per heavy atom. The van der Waals surface area contributed by atoms with Gasteiger partial charge in [0.2, 0.25) is 0 Å². The smallest absolute Gasteiger partial charge is 0.152 e. The highest BCUT2D eigenvalue weighted by Crippen LogP contribution is 2.33. The van der Waals surface area contributed by atoms with Gasteiger partial charge in [0.05, 0.1) is 11.2 Å². The van der Waals surface area contributed by atoms with E-state index in [0.717, 1.165) is 34.0 Å². The molecule has 0 atom stereocenters. The van der Waals surface area contributed by atoms with E-state index in [1.165, 1.54) is 5.56 Å². The molecule has 2 aromatic carbocycles. The van der Waals surface area contributed by atoms with Crippen LogP contribution < -0.4 is 0 Å². The first kappa shape index (κ1) is 12.7. The lowest BCUT2D eigenvalue weighted by molar-refractivity contribution is 0.112. The van der Waals surface area contributed by atoms with E-state index in [-0.39, 0.29) is 0 Å². The summed E-state index contributed by atoms with van der Waals surface area (Å²) in [5.74, 6) is 0.417. The van der Waals surface area contributed by atoms with E-state index in [0.29, 0.717) is 5.92 Å². The third-order valence-corrected chi connectivity index (χ3v) is 3.71. The molecule has 0 aliphatic heterocycles. The fourth-order valence-corrected chi connectivity index (χ4v) is 2.70. The topological polar surface area (TPSA) is 32.9 Å². The number of rotatable bonds is 3. The van der Waals surface area contributed by atoms with Crippen LogP contribution in [0.3, 0.4) is 0 Å². The number of aldehydes is 1. The molecule has 0 bridgehead atoms. The number of fused-ring (bicyclic) bond motifs is 1. The minimum absolute atomic E-state index is 0.417. The summed E-state index contributed by atoms with van der Waals surface area (Å²) in [6.45, 7) is 4.33. The largest absolute Gasteiger partial charge is 0.354 e. The number of H-pyrrole nitrogens is 1. The van der Waals surface area contributed by atoms with Crippen LogP contribution in [0.5, 0.6) is 0 Å². The van der Waals surface area contributed by atoms with Gasteiger partial charge in [-0.1, -0.05) is 62.4 Å². The summed E-state index contributed by atoms with van der Waals surface area (Å²) >= 11 is 0. The van der Waals surface area contributed by atoms with E-state index >= 15 is 0 Å². The molecule has 0 saturated heterocycles. The van der Waals surface area contributed by atoms with Crippen molar-refractivity contribution in [2.45, 2.75) is 19.8 Å². The van der Waals surface area contributed by atoms with Gasteiger partial charge < -0.3 is 4.98 Å². The number of hydrogen-bond acceptors (Lipinski definition) is 1. The Morgan fingerprint density at radius 3 is 2.40 bits per heavy atom. The van der Waals surface area contributed by atoms with Crippen molar-refractivity contribution in [2.75, 3.05) is 0 Å². The summed E-state index contributed by atoms with van der Waals surface area (Å²) in [5.41, 5.74) is 5.01. The van der Waals surface area contributed by atoms with E-state index in [4.69, 9.17) is 0 Å². The molecule has 1 heterocycles. The number of nitrogens with one attached hydrogen (secondary N) is 1. The molecule has 0 amide bonds. The average molecular weight is 263 g/mol. The lowest BCUT2D eigenvalue weighted by Gasteiger charge is -2.06. The van der Waals surface area contributed by atoms with Crippen LogP contribution in [0.15, 0.2) is 48.5 Å². The minimum Gasteiger partial charge on any atom is -0.354 e. The van der Waals surface area contributed by atoms with Crippen LogP contribution in [-0.4, -0.2) is 11.3 Å². The quantitative estimate of drug-likeness (QED) is 0.678.